The summed E-state index contributed by atoms with van der Waals surface area (Å²) >= 11 is 1.19. The van der Waals surface area contributed by atoms with Crippen LogP contribution >= 0.6 is 11.8 Å². The van der Waals surface area contributed by atoms with Crippen molar-refractivity contribution in [1.29, 1.82) is 0 Å². The largest absolute Gasteiger partial charge is 0.497 e. The number of anilines is 1. The van der Waals surface area contributed by atoms with Gasteiger partial charge < -0.3 is 14.8 Å². The molecule has 0 aromatic heterocycles. The van der Waals surface area contributed by atoms with E-state index in [0.29, 0.717) is 16.3 Å². The first-order valence-corrected chi connectivity index (χ1v) is 9.24. The Bertz CT molecular complexity index is 839. The van der Waals surface area contributed by atoms with Gasteiger partial charge in [0.25, 0.3) is 11.6 Å². The number of hydrogen-bond donors (Lipinski definition) is 1. The molecule has 0 aliphatic carbocycles. The molecular formula is C19H20N2O6S. The molecule has 0 aliphatic heterocycles. The minimum Gasteiger partial charge on any atom is -0.497 e. The summed E-state index contributed by atoms with van der Waals surface area (Å²) < 4.78 is 10.3. The normalized spacial score (nSPS) is 12.5. The summed E-state index contributed by atoms with van der Waals surface area (Å²) in [7, 11) is 1.55. The zero-order valence-electron chi connectivity index (χ0n) is 15.6. The van der Waals surface area contributed by atoms with Crippen LogP contribution < -0.4 is 10.1 Å². The Balaban J connectivity index is 1.87. The van der Waals surface area contributed by atoms with Gasteiger partial charge in [0.2, 0.25) is 0 Å². The monoisotopic (exact) mass is 404 g/mol. The number of hydrogen-bond acceptors (Lipinski definition) is 7. The smallest absolute Gasteiger partial charge is 0.319 e. The molecule has 2 aromatic carbocycles. The van der Waals surface area contributed by atoms with Gasteiger partial charge in [-0.3, -0.25) is 19.7 Å². The fourth-order valence-corrected chi connectivity index (χ4v) is 2.99. The lowest BCUT2D eigenvalue weighted by Gasteiger charge is -2.16. The van der Waals surface area contributed by atoms with Crippen LogP contribution in [0, 0.1) is 10.1 Å². The average molecular weight is 404 g/mol. The van der Waals surface area contributed by atoms with Gasteiger partial charge in [0.1, 0.15) is 11.0 Å². The van der Waals surface area contributed by atoms with Gasteiger partial charge in [-0.2, -0.15) is 0 Å². The summed E-state index contributed by atoms with van der Waals surface area (Å²) in [6, 6.07) is 12.6. The number of carbonyl (C=O) groups excluding carboxylic acids is 2. The molecule has 0 radical (unpaired) electrons. The topological polar surface area (TPSA) is 108 Å². The molecule has 0 saturated carbocycles. The Hall–Kier alpha value is -3.07. The van der Waals surface area contributed by atoms with Crippen LogP contribution in [0.25, 0.3) is 0 Å². The standard InChI is InChI=1S/C19H20N2O6S/c1-12(18(22)20-14-4-8-16(26-3)9-5-14)27-19(23)13(2)28-17-10-6-15(7-11-17)21(24)25/h4-13H,1-3H3,(H,20,22)/t12-,13+/m0/s1. The molecule has 9 heteroatoms. The summed E-state index contributed by atoms with van der Waals surface area (Å²) in [6.07, 6.45) is -0.977. The zero-order valence-corrected chi connectivity index (χ0v) is 16.4. The molecule has 0 aliphatic rings. The first kappa shape index (κ1) is 21.2. The van der Waals surface area contributed by atoms with Gasteiger partial charge >= 0.3 is 5.97 Å². The van der Waals surface area contributed by atoms with Crippen molar-refractivity contribution < 1.29 is 24.0 Å². The number of ether oxygens (including phenoxy) is 2. The van der Waals surface area contributed by atoms with Gasteiger partial charge in [-0.15, -0.1) is 11.8 Å². The predicted octanol–water partition coefficient (Wildman–Crippen LogP) is 3.65. The van der Waals surface area contributed by atoms with E-state index in [2.05, 4.69) is 5.32 Å². The van der Waals surface area contributed by atoms with Crippen molar-refractivity contribution in [3.05, 3.63) is 58.6 Å². The van der Waals surface area contributed by atoms with Gasteiger partial charge in [0, 0.05) is 22.7 Å². The van der Waals surface area contributed by atoms with E-state index in [0.717, 1.165) is 0 Å². The second-order valence-corrected chi connectivity index (χ2v) is 7.22. The highest BCUT2D eigenvalue weighted by molar-refractivity contribution is 8.00. The molecule has 2 aromatic rings. The molecule has 8 nitrogen and oxygen atoms in total. The molecule has 0 fully saturated rings. The van der Waals surface area contributed by atoms with Gasteiger partial charge in [-0.25, -0.2) is 0 Å². The Kier molecular flexibility index (Phi) is 7.39. The second-order valence-electron chi connectivity index (χ2n) is 5.81. The van der Waals surface area contributed by atoms with Gasteiger partial charge in [-0.1, -0.05) is 0 Å². The number of nitro benzene ring substituents is 1. The summed E-state index contributed by atoms with van der Waals surface area (Å²) in [6.45, 7) is 3.13. The lowest BCUT2D eigenvalue weighted by Crippen LogP contribution is -2.32. The molecule has 0 spiro atoms. The van der Waals surface area contributed by atoms with Crippen molar-refractivity contribution >= 4 is 35.0 Å². The Morgan fingerprint density at radius 3 is 2.21 bits per heavy atom. The molecule has 28 heavy (non-hydrogen) atoms. The van der Waals surface area contributed by atoms with Crippen molar-refractivity contribution in [3.63, 3.8) is 0 Å². The maximum absolute atomic E-state index is 12.2. The van der Waals surface area contributed by atoms with Crippen LogP contribution in [0.15, 0.2) is 53.4 Å². The number of rotatable bonds is 8. The zero-order chi connectivity index (χ0) is 20.7. The maximum atomic E-state index is 12.2. The lowest BCUT2D eigenvalue weighted by atomic mass is 10.3. The average Bonchev–Trinajstić information content (AvgIpc) is 2.68. The van der Waals surface area contributed by atoms with E-state index in [4.69, 9.17) is 9.47 Å². The third-order valence-electron chi connectivity index (χ3n) is 3.71. The molecule has 1 amide bonds. The maximum Gasteiger partial charge on any atom is 0.319 e. The predicted molar refractivity (Wildman–Crippen MR) is 106 cm³/mol. The first-order chi connectivity index (χ1) is 13.3. The lowest BCUT2D eigenvalue weighted by molar-refractivity contribution is -0.384. The minimum absolute atomic E-state index is 0.0246. The SMILES string of the molecule is COc1ccc(NC(=O)[C@H](C)OC(=O)[C@@H](C)Sc2ccc([N+](=O)[O-])cc2)cc1. The molecule has 0 saturated heterocycles. The highest BCUT2D eigenvalue weighted by Gasteiger charge is 2.23. The van der Waals surface area contributed by atoms with Crippen LogP contribution in [0.1, 0.15) is 13.8 Å². The quantitative estimate of drug-likeness (QED) is 0.310. The van der Waals surface area contributed by atoms with E-state index in [1.54, 1.807) is 50.4 Å². The van der Waals surface area contributed by atoms with Crippen LogP contribution in [0.5, 0.6) is 5.75 Å². The molecule has 148 valence electrons. The van der Waals surface area contributed by atoms with Crippen LogP contribution in [-0.2, 0) is 14.3 Å². The number of non-ortho nitro benzene ring substituents is 1. The van der Waals surface area contributed by atoms with Crippen molar-refractivity contribution in [2.24, 2.45) is 0 Å². The fourth-order valence-electron chi connectivity index (χ4n) is 2.14. The summed E-state index contributed by atoms with van der Waals surface area (Å²) in [5.74, 6) is -0.346. The third kappa shape index (κ3) is 5.98. The Labute approximate surface area is 166 Å². The van der Waals surface area contributed by atoms with E-state index in [1.165, 1.54) is 30.8 Å². The number of nitro groups is 1. The van der Waals surface area contributed by atoms with E-state index in [9.17, 15) is 19.7 Å². The second kappa shape index (κ2) is 9.75. The number of nitrogens with one attached hydrogen (secondary N) is 1. The van der Waals surface area contributed by atoms with E-state index >= 15 is 0 Å². The van der Waals surface area contributed by atoms with E-state index in [1.807, 2.05) is 0 Å². The van der Waals surface area contributed by atoms with Crippen LogP contribution in [0.2, 0.25) is 0 Å². The number of amides is 1. The Morgan fingerprint density at radius 1 is 1.07 bits per heavy atom. The molecule has 2 rings (SSSR count). The number of thioether (sulfide) groups is 1. The summed E-state index contributed by atoms with van der Waals surface area (Å²) in [5, 5.41) is 12.7. The van der Waals surface area contributed by atoms with Crippen molar-refractivity contribution in [2.45, 2.75) is 30.1 Å². The third-order valence-corrected chi connectivity index (χ3v) is 4.80. The summed E-state index contributed by atoms with van der Waals surface area (Å²) in [4.78, 5) is 35.3. The van der Waals surface area contributed by atoms with Gasteiger partial charge in [-0.05, 0) is 50.2 Å². The van der Waals surface area contributed by atoms with Crippen molar-refractivity contribution in [2.75, 3.05) is 12.4 Å². The number of carbonyl (C=O) groups is 2. The highest BCUT2D eigenvalue weighted by atomic mass is 32.2. The van der Waals surface area contributed by atoms with Crippen LogP contribution in [0.4, 0.5) is 11.4 Å². The Morgan fingerprint density at radius 2 is 1.68 bits per heavy atom. The van der Waals surface area contributed by atoms with Gasteiger partial charge in [0.05, 0.1) is 12.0 Å². The van der Waals surface area contributed by atoms with E-state index in [-0.39, 0.29) is 5.69 Å². The molecule has 0 heterocycles. The first-order valence-electron chi connectivity index (χ1n) is 8.36. The molecule has 1 N–H and O–H groups in total. The number of benzene rings is 2. The highest BCUT2D eigenvalue weighted by Crippen LogP contribution is 2.26. The van der Waals surface area contributed by atoms with E-state index < -0.39 is 28.2 Å². The molecule has 2 atom stereocenters. The number of nitrogens with zero attached hydrogens (tertiary/aromatic N) is 1. The van der Waals surface area contributed by atoms with Crippen molar-refractivity contribution in [3.8, 4) is 5.75 Å². The summed E-state index contributed by atoms with van der Waals surface area (Å²) in [5.41, 5.74) is 0.533. The van der Waals surface area contributed by atoms with Crippen molar-refractivity contribution in [1.82, 2.24) is 0 Å². The number of methoxy groups -OCH3 is 1. The number of esters is 1. The fraction of sp³-hybridized carbons (Fsp3) is 0.263. The van der Waals surface area contributed by atoms with Gasteiger partial charge in [0.15, 0.2) is 6.10 Å². The van der Waals surface area contributed by atoms with Crippen LogP contribution in [0.3, 0.4) is 0 Å². The molecular weight excluding hydrogens is 384 g/mol. The molecule has 0 bridgehead atoms. The minimum atomic E-state index is -0.977. The molecule has 0 unspecified atom stereocenters. The van der Waals surface area contributed by atoms with Crippen LogP contribution in [-0.4, -0.2) is 35.3 Å².